The van der Waals surface area contributed by atoms with Crippen LogP contribution in [0.1, 0.15) is 31.2 Å². The van der Waals surface area contributed by atoms with Gasteiger partial charge in [0.25, 0.3) is 5.91 Å². The van der Waals surface area contributed by atoms with Crippen molar-refractivity contribution in [2.45, 2.75) is 43.2 Å². The maximum Gasteiger partial charge on any atom is 0.258 e. The molecule has 1 saturated carbocycles. The molecular formula is C22H27ClN2O6S. The summed E-state index contributed by atoms with van der Waals surface area (Å²) in [6.45, 7) is -0.100. The predicted octanol–water partition coefficient (Wildman–Crippen LogP) is 3.27. The monoisotopic (exact) mass is 482 g/mol. The summed E-state index contributed by atoms with van der Waals surface area (Å²) in [7, 11) is -0.580. The Morgan fingerprint density at radius 1 is 1.06 bits per heavy atom. The van der Waals surface area contributed by atoms with E-state index >= 15 is 0 Å². The van der Waals surface area contributed by atoms with E-state index in [1.807, 2.05) is 0 Å². The molecular weight excluding hydrogens is 456 g/mol. The van der Waals surface area contributed by atoms with Crippen LogP contribution in [0.4, 0.5) is 0 Å². The third-order valence-electron chi connectivity index (χ3n) is 5.24. The summed E-state index contributed by atoms with van der Waals surface area (Å²) in [5, 5.41) is 2.85. The third kappa shape index (κ3) is 6.05. The average molecular weight is 483 g/mol. The molecule has 0 saturated heterocycles. The molecule has 0 unspecified atom stereocenters. The highest BCUT2D eigenvalue weighted by atomic mass is 35.5. The minimum Gasteiger partial charge on any atom is -0.496 e. The van der Waals surface area contributed by atoms with Crippen LogP contribution >= 0.6 is 11.6 Å². The Morgan fingerprint density at radius 3 is 2.31 bits per heavy atom. The van der Waals surface area contributed by atoms with Crippen molar-refractivity contribution in [3.63, 3.8) is 0 Å². The lowest BCUT2D eigenvalue weighted by Crippen LogP contribution is -2.32. The zero-order valence-electron chi connectivity index (χ0n) is 18.0. The van der Waals surface area contributed by atoms with E-state index in [0.29, 0.717) is 17.1 Å². The van der Waals surface area contributed by atoms with Crippen molar-refractivity contribution in [3.8, 4) is 17.2 Å². The molecule has 2 aromatic rings. The molecule has 2 N–H and O–H groups in total. The molecule has 8 nitrogen and oxygen atoms in total. The number of nitrogens with one attached hydrogen (secondary N) is 2. The lowest BCUT2D eigenvalue weighted by Gasteiger charge is -2.15. The van der Waals surface area contributed by atoms with Crippen molar-refractivity contribution < 1.29 is 27.4 Å². The van der Waals surface area contributed by atoms with Gasteiger partial charge in [0.15, 0.2) is 6.61 Å². The molecule has 0 aromatic heterocycles. The number of ether oxygens (including phenoxy) is 3. The van der Waals surface area contributed by atoms with Crippen LogP contribution in [-0.4, -0.2) is 41.2 Å². The van der Waals surface area contributed by atoms with Crippen molar-refractivity contribution in [2.75, 3.05) is 20.8 Å². The average Bonchev–Trinajstić information content (AvgIpc) is 3.28. The van der Waals surface area contributed by atoms with Crippen LogP contribution < -0.4 is 24.2 Å². The highest BCUT2D eigenvalue weighted by molar-refractivity contribution is 7.89. The fourth-order valence-corrected chi connectivity index (χ4v) is 5.21. The van der Waals surface area contributed by atoms with Crippen molar-refractivity contribution >= 4 is 27.5 Å². The quantitative estimate of drug-likeness (QED) is 0.538. The molecule has 0 bridgehead atoms. The van der Waals surface area contributed by atoms with Crippen LogP contribution in [0.3, 0.4) is 0 Å². The molecule has 2 aromatic carbocycles. The first-order valence-corrected chi connectivity index (χ1v) is 12.1. The summed E-state index contributed by atoms with van der Waals surface area (Å²) < 4.78 is 43.9. The number of hydrogen-bond acceptors (Lipinski definition) is 6. The minimum absolute atomic E-state index is 0.0414. The summed E-state index contributed by atoms with van der Waals surface area (Å²) in [6, 6.07) is 9.49. The van der Waals surface area contributed by atoms with Gasteiger partial charge in [-0.05, 0) is 43.2 Å². The summed E-state index contributed by atoms with van der Waals surface area (Å²) in [5.41, 5.74) is 0.702. The number of sulfonamides is 1. The second-order valence-electron chi connectivity index (χ2n) is 7.40. The Balaban J connectivity index is 1.57. The van der Waals surface area contributed by atoms with Gasteiger partial charge in [-0.2, -0.15) is 0 Å². The lowest BCUT2D eigenvalue weighted by atomic mass is 10.1. The molecule has 1 aliphatic rings. The molecule has 0 spiro atoms. The van der Waals surface area contributed by atoms with Crippen LogP contribution in [0.5, 0.6) is 17.2 Å². The summed E-state index contributed by atoms with van der Waals surface area (Å²) in [5.74, 6) is 1.03. The molecule has 1 aliphatic carbocycles. The Bertz CT molecular complexity index is 1030. The molecule has 1 amide bonds. The summed E-state index contributed by atoms with van der Waals surface area (Å²) in [6.07, 6.45) is 3.72. The molecule has 0 radical (unpaired) electrons. The number of amides is 1. The molecule has 1 fully saturated rings. The van der Waals surface area contributed by atoms with E-state index in [-0.39, 0.29) is 40.8 Å². The number of benzene rings is 2. The smallest absolute Gasteiger partial charge is 0.258 e. The Kier molecular flexibility index (Phi) is 8.22. The van der Waals surface area contributed by atoms with Gasteiger partial charge in [0.1, 0.15) is 17.2 Å². The number of methoxy groups -OCH3 is 2. The lowest BCUT2D eigenvalue weighted by molar-refractivity contribution is -0.123. The molecule has 0 aliphatic heterocycles. The van der Waals surface area contributed by atoms with Crippen molar-refractivity contribution in [1.29, 1.82) is 0 Å². The Labute approximate surface area is 193 Å². The molecule has 32 heavy (non-hydrogen) atoms. The Morgan fingerprint density at radius 2 is 1.72 bits per heavy atom. The zero-order valence-corrected chi connectivity index (χ0v) is 19.6. The van der Waals surface area contributed by atoms with Crippen LogP contribution in [0, 0.1) is 0 Å². The van der Waals surface area contributed by atoms with Crippen molar-refractivity contribution in [2.24, 2.45) is 0 Å². The van der Waals surface area contributed by atoms with E-state index in [9.17, 15) is 13.2 Å². The molecule has 174 valence electrons. The zero-order chi connectivity index (χ0) is 23.1. The largest absolute Gasteiger partial charge is 0.496 e. The number of carbonyl (C=O) groups is 1. The first kappa shape index (κ1) is 24.2. The second kappa shape index (κ2) is 10.9. The predicted molar refractivity (Wildman–Crippen MR) is 121 cm³/mol. The third-order valence-corrected chi connectivity index (χ3v) is 7.06. The van der Waals surface area contributed by atoms with Crippen LogP contribution in [-0.2, 0) is 21.4 Å². The van der Waals surface area contributed by atoms with E-state index in [1.165, 1.54) is 18.2 Å². The normalized spacial score (nSPS) is 14.2. The summed E-state index contributed by atoms with van der Waals surface area (Å²) >= 11 is 6.21. The van der Waals surface area contributed by atoms with E-state index in [0.717, 1.165) is 25.7 Å². The number of halogens is 1. The number of hydrogen-bond donors (Lipinski definition) is 2. The van der Waals surface area contributed by atoms with Crippen molar-refractivity contribution in [1.82, 2.24) is 10.0 Å². The van der Waals surface area contributed by atoms with Crippen LogP contribution in [0.15, 0.2) is 41.3 Å². The minimum atomic E-state index is -3.66. The molecule has 0 heterocycles. The number of rotatable bonds is 10. The summed E-state index contributed by atoms with van der Waals surface area (Å²) in [4.78, 5) is 12.3. The molecule has 0 atom stereocenters. The van der Waals surface area contributed by atoms with Crippen molar-refractivity contribution in [3.05, 3.63) is 47.0 Å². The second-order valence-corrected chi connectivity index (χ2v) is 9.52. The topological polar surface area (TPSA) is 103 Å². The van der Waals surface area contributed by atoms with E-state index < -0.39 is 10.0 Å². The van der Waals surface area contributed by atoms with Gasteiger partial charge in [0, 0.05) is 6.04 Å². The van der Waals surface area contributed by atoms with E-state index in [1.54, 1.807) is 32.4 Å². The highest BCUT2D eigenvalue weighted by Crippen LogP contribution is 2.29. The maximum atomic E-state index is 12.5. The van der Waals surface area contributed by atoms with Crippen LogP contribution in [0.25, 0.3) is 0 Å². The standard InChI is InChI=1S/C22H27ClN2O6S/c1-29-19-8-5-9-20(30-2)17(19)13-24-22(26)14-31-21-11-10-16(12-18(21)23)32(27,28)25-15-6-3-4-7-15/h5,8-12,15,25H,3-4,6-7,13-14H2,1-2H3,(H,24,26). The highest BCUT2D eigenvalue weighted by Gasteiger charge is 2.23. The van der Waals surface area contributed by atoms with E-state index in [2.05, 4.69) is 10.0 Å². The molecule has 10 heteroatoms. The van der Waals surface area contributed by atoms with Gasteiger partial charge in [-0.1, -0.05) is 30.5 Å². The first-order valence-electron chi connectivity index (χ1n) is 10.3. The van der Waals surface area contributed by atoms with Crippen LogP contribution in [0.2, 0.25) is 5.02 Å². The van der Waals surface area contributed by atoms with Gasteiger partial charge >= 0.3 is 0 Å². The van der Waals surface area contributed by atoms with E-state index in [4.69, 9.17) is 25.8 Å². The van der Waals surface area contributed by atoms with Gasteiger partial charge in [-0.25, -0.2) is 13.1 Å². The van der Waals surface area contributed by atoms with Gasteiger partial charge in [-0.15, -0.1) is 0 Å². The van der Waals surface area contributed by atoms with Gasteiger partial charge in [0.2, 0.25) is 10.0 Å². The maximum absolute atomic E-state index is 12.5. The first-order chi connectivity index (χ1) is 15.3. The fraction of sp³-hybridized carbons (Fsp3) is 0.409. The van der Waals surface area contributed by atoms with Gasteiger partial charge in [0.05, 0.1) is 36.2 Å². The number of carbonyl (C=O) groups excluding carboxylic acids is 1. The Hall–Kier alpha value is -2.49. The van der Waals surface area contributed by atoms with Gasteiger partial charge < -0.3 is 19.5 Å². The molecule has 3 rings (SSSR count). The van der Waals surface area contributed by atoms with Gasteiger partial charge in [-0.3, -0.25) is 4.79 Å². The SMILES string of the molecule is COc1cccc(OC)c1CNC(=O)COc1ccc(S(=O)(=O)NC2CCCC2)cc1Cl. The fourth-order valence-electron chi connectivity index (χ4n) is 3.58.